The lowest BCUT2D eigenvalue weighted by molar-refractivity contribution is -0.138. The average Bonchev–Trinajstić information content (AvgIpc) is 2.77. The summed E-state index contributed by atoms with van der Waals surface area (Å²) in [4.78, 5) is 27.2. The molecule has 0 heterocycles. The van der Waals surface area contributed by atoms with Gasteiger partial charge in [0.1, 0.15) is 11.8 Å². The first-order valence-corrected chi connectivity index (χ1v) is 11.4. The molecule has 0 aromatic heterocycles. The Labute approximate surface area is 184 Å². The predicted molar refractivity (Wildman–Crippen MR) is 124 cm³/mol. The normalized spacial score (nSPS) is 11.6. The molecule has 0 bridgehead atoms. The van der Waals surface area contributed by atoms with Crippen LogP contribution in [0.2, 0.25) is 0 Å². The lowest BCUT2D eigenvalue weighted by atomic mass is 10.1. The lowest BCUT2D eigenvalue weighted by Crippen LogP contribution is -2.48. The minimum Gasteiger partial charge on any atom is -0.497 e. The van der Waals surface area contributed by atoms with Crippen molar-refractivity contribution in [3.63, 3.8) is 0 Å². The van der Waals surface area contributed by atoms with Gasteiger partial charge in [-0.3, -0.25) is 9.59 Å². The van der Waals surface area contributed by atoms with Gasteiger partial charge in [-0.05, 0) is 43.5 Å². The van der Waals surface area contributed by atoms with Gasteiger partial charge in [0.15, 0.2) is 0 Å². The highest BCUT2D eigenvalue weighted by Gasteiger charge is 2.25. The molecule has 162 valence electrons. The van der Waals surface area contributed by atoms with E-state index in [-0.39, 0.29) is 11.8 Å². The third-order valence-corrected chi connectivity index (χ3v) is 5.83. The van der Waals surface area contributed by atoms with E-state index in [1.165, 1.54) is 11.1 Å². The molecule has 2 amide bonds. The topological polar surface area (TPSA) is 58.6 Å². The van der Waals surface area contributed by atoms with Crippen LogP contribution >= 0.6 is 11.8 Å². The number of nitrogens with one attached hydrogen (secondary N) is 1. The fourth-order valence-corrected chi connectivity index (χ4v) is 3.80. The lowest BCUT2D eigenvalue weighted by Gasteiger charge is -2.28. The largest absolute Gasteiger partial charge is 0.497 e. The van der Waals surface area contributed by atoms with Crippen LogP contribution in [-0.4, -0.2) is 42.2 Å². The van der Waals surface area contributed by atoms with Crippen molar-refractivity contribution < 1.29 is 14.3 Å². The van der Waals surface area contributed by atoms with E-state index < -0.39 is 6.04 Å². The summed E-state index contributed by atoms with van der Waals surface area (Å²) in [6.07, 6.45) is 0.858. The first kappa shape index (κ1) is 23.8. The number of nitrogens with zero attached hydrogens (tertiary/aromatic N) is 1. The van der Waals surface area contributed by atoms with E-state index in [9.17, 15) is 9.59 Å². The van der Waals surface area contributed by atoms with Gasteiger partial charge in [-0.15, -0.1) is 11.8 Å². The number of hydrogen-bond donors (Lipinski definition) is 1. The van der Waals surface area contributed by atoms with Crippen LogP contribution in [-0.2, 0) is 21.9 Å². The third-order valence-electron chi connectivity index (χ3n) is 4.84. The van der Waals surface area contributed by atoms with Gasteiger partial charge in [0.2, 0.25) is 11.8 Å². The number of hydrogen-bond acceptors (Lipinski definition) is 4. The summed E-state index contributed by atoms with van der Waals surface area (Å²) in [6.45, 7) is 6.84. The van der Waals surface area contributed by atoms with Crippen molar-refractivity contribution in [2.45, 2.75) is 45.5 Å². The minimum atomic E-state index is -0.536. The van der Waals surface area contributed by atoms with Gasteiger partial charge >= 0.3 is 0 Å². The summed E-state index contributed by atoms with van der Waals surface area (Å²) in [5, 5.41) is 2.90. The highest BCUT2D eigenvalue weighted by atomic mass is 32.2. The zero-order chi connectivity index (χ0) is 21.9. The van der Waals surface area contributed by atoms with E-state index >= 15 is 0 Å². The zero-order valence-corrected chi connectivity index (χ0v) is 19.1. The van der Waals surface area contributed by atoms with Crippen molar-refractivity contribution in [2.24, 2.45) is 0 Å². The number of amides is 2. The zero-order valence-electron chi connectivity index (χ0n) is 18.3. The Morgan fingerprint density at radius 3 is 2.30 bits per heavy atom. The highest BCUT2D eigenvalue weighted by molar-refractivity contribution is 7.99. The van der Waals surface area contributed by atoms with Gasteiger partial charge in [-0.25, -0.2) is 0 Å². The first-order chi connectivity index (χ1) is 14.4. The number of thioether (sulfide) groups is 1. The summed E-state index contributed by atoms with van der Waals surface area (Å²) in [5.41, 5.74) is 3.37. The maximum absolute atomic E-state index is 13.0. The summed E-state index contributed by atoms with van der Waals surface area (Å²) in [7, 11) is 1.62. The third kappa shape index (κ3) is 7.41. The summed E-state index contributed by atoms with van der Waals surface area (Å²) in [6, 6.07) is 15.4. The van der Waals surface area contributed by atoms with Crippen LogP contribution in [0.15, 0.2) is 48.5 Å². The van der Waals surface area contributed by atoms with Crippen LogP contribution in [0.4, 0.5) is 0 Å². The van der Waals surface area contributed by atoms with Crippen molar-refractivity contribution in [3.8, 4) is 5.75 Å². The molecule has 0 saturated heterocycles. The molecule has 1 atom stereocenters. The fourth-order valence-electron chi connectivity index (χ4n) is 2.93. The van der Waals surface area contributed by atoms with Gasteiger partial charge in [0.25, 0.3) is 0 Å². The minimum absolute atomic E-state index is 0.0397. The molecule has 0 aliphatic carbocycles. The molecule has 0 spiro atoms. The number of ether oxygens (including phenoxy) is 1. The van der Waals surface area contributed by atoms with Crippen molar-refractivity contribution in [1.29, 1.82) is 0 Å². The van der Waals surface area contributed by atoms with Gasteiger partial charge in [-0.1, -0.05) is 48.9 Å². The van der Waals surface area contributed by atoms with Crippen molar-refractivity contribution >= 4 is 23.6 Å². The average molecular weight is 429 g/mol. The number of carbonyl (C=O) groups excluding carboxylic acids is 2. The Bertz CT molecular complexity index is 806. The Kier molecular flexibility index (Phi) is 9.74. The molecule has 0 saturated carbocycles. The number of rotatable bonds is 11. The van der Waals surface area contributed by atoms with E-state index in [0.717, 1.165) is 23.5 Å². The molecule has 1 N–H and O–H groups in total. The van der Waals surface area contributed by atoms with Crippen LogP contribution in [0.5, 0.6) is 5.75 Å². The second-order valence-corrected chi connectivity index (χ2v) is 8.30. The van der Waals surface area contributed by atoms with E-state index in [2.05, 4.69) is 36.5 Å². The van der Waals surface area contributed by atoms with Crippen LogP contribution < -0.4 is 10.1 Å². The molecule has 30 heavy (non-hydrogen) atoms. The maximum Gasteiger partial charge on any atom is 0.242 e. The fraction of sp³-hybridized carbons (Fsp3) is 0.417. The molecule has 0 fully saturated rings. The maximum atomic E-state index is 13.0. The molecule has 5 nitrogen and oxygen atoms in total. The summed E-state index contributed by atoms with van der Waals surface area (Å²) >= 11 is 1.57. The molecular weight excluding hydrogens is 396 g/mol. The van der Waals surface area contributed by atoms with Gasteiger partial charge in [0.05, 0.1) is 12.9 Å². The predicted octanol–water partition coefficient (Wildman–Crippen LogP) is 4.18. The second kappa shape index (κ2) is 12.3. The Morgan fingerprint density at radius 2 is 1.70 bits per heavy atom. The van der Waals surface area contributed by atoms with E-state index in [1.807, 2.05) is 31.2 Å². The Balaban J connectivity index is 2.04. The van der Waals surface area contributed by atoms with Crippen molar-refractivity contribution in [1.82, 2.24) is 10.2 Å². The first-order valence-electron chi connectivity index (χ1n) is 10.3. The van der Waals surface area contributed by atoms with E-state index in [0.29, 0.717) is 18.8 Å². The number of carbonyl (C=O) groups is 2. The molecule has 2 aromatic carbocycles. The van der Waals surface area contributed by atoms with Crippen LogP contribution in [0.1, 0.15) is 37.0 Å². The quantitative estimate of drug-likeness (QED) is 0.583. The highest BCUT2D eigenvalue weighted by Crippen LogP contribution is 2.18. The standard InChI is InChI=1S/C24H32N2O3S/c1-5-14-25-24(28)19(3)26(15-20-10-12-22(29-4)13-11-20)23(27)17-30-16-21-8-6-18(2)7-9-21/h6-13,19H,5,14-17H2,1-4H3,(H,25,28)/t19-/m0/s1. The van der Waals surface area contributed by atoms with E-state index in [4.69, 9.17) is 4.74 Å². The van der Waals surface area contributed by atoms with Crippen molar-refractivity contribution in [2.75, 3.05) is 19.4 Å². The van der Waals surface area contributed by atoms with Crippen LogP contribution in [0.3, 0.4) is 0 Å². The van der Waals surface area contributed by atoms with Gasteiger partial charge in [-0.2, -0.15) is 0 Å². The van der Waals surface area contributed by atoms with Gasteiger partial charge < -0.3 is 15.0 Å². The molecule has 0 unspecified atom stereocenters. The number of methoxy groups -OCH3 is 1. The number of aryl methyl sites for hydroxylation is 1. The molecule has 2 aromatic rings. The molecule has 0 aliphatic heterocycles. The molecule has 6 heteroatoms. The van der Waals surface area contributed by atoms with E-state index in [1.54, 1.807) is 30.7 Å². The number of benzene rings is 2. The molecule has 0 aliphatic rings. The molecule has 0 radical (unpaired) electrons. The molecule has 2 rings (SSSR count). The van der Waals surface area contributed by atoms with Crippen LogP contribution in [0, 0.1) is 6.92 Å². The molecular formula is C24H32N2O3S. The SMILES string of the molecule is CCCNC(=O)[C@H](C)N(Cc1ccc(OC)cc1)C(=O)CSCc1ccc(C)cc1. The van der Waals surface area contributed by atoms with Crippen LogP contribution in [0.25, 0.3) is 0 Å². The summed E-state index contributed by atoms with van der Waals surface area (Å²) < 4.78 is 5.21. The monoisotopic (exact) mass is 428 g/mol. The Morgan fingerprint density at radius 1 is 1.07 bits per heavy atom. The van der Waals surface area contributed by atoms with Crippen molar-refractivity contribution in [3.05, 3.63) is 65.2 Å². The van der Waals surface area contributed by atoms with Gasteiger partial charge in [0, 0.05) is 18.8 Å². The second-order valence-electron chi connectivity index (χ2n) is 7.32. The Hall–Kier alpha value is -2.47. The smallest absolute Gasteiger partial charge is 0.242 e. The summed E-state index contributed by atoms with van der Waals surface area (Å²) in [5.74, 6) is 1.69.